The Hall–Kier alpha value is -1.55. The van der Waals surface area contributed by atoms with Crippen LogP contribution in [0.25, 0.3) is 0 Å². The van der Waals surface area contributed by atoms with Crippen LogP contribution >= 0.6 is 0 Å². The Balaban J connectivity index is 1.97. The topological polar surface area (TPSA) is 52.6 Å². The van der Waals surface area contributed by atoms with Crippen molar-refractivity contribution in [1.82, 2.24) is 10.2 Å². The van der Waals surface area contributed by atoms with Gasteiger partial charge in [0.15, 0.2) is 0 Å². The normalized spacial score (nSPS) is 24.8. The number of hydrogen-bond acceptors (Lipinski definition) is 2. The lowest BCUT2D eigenvalue weighted by Gasteiger charge is -2.36. The van der Waals surface area contributed by atoms with E-state index in [0.29, 0.717) is 24.9 Å². The number of hydrogen-bond donors (Lipinski definition) is 2. The van der Waals surface area contributed by atoms with Crippen LogP contribution in [0.5, 0.6) is 0 Å². The van der Waals surface area contributed by atoms with Crippen molar-refractivity contribution in [2.75, 3.05) is 13.2 Å². The molecule has 0 aromatic heterocycles. The van der Waals surface area contributed by atoms with Gasteiger partial charge in [0.1, 0.15) is 0 Å². The van der Waals surface area contributed by atoms with E-state index in [1.807, 2.05) is 30.3 Å². The molecule has 0 aliphatic heterocycles. The number of carbonyl (C=O) groups is 1. The van der Waals surface area contributed by atoms with Crippen molar-refractivity contribution in [3.63, 3.8) is 0 Å². The van der Waals surface area contributed by atoms with Gasteiger partial charge in [-0.05, 0) is 23.8 Å². The molecule has 1 aliphatic carbocycles. The Morgan fingerprint density at radius 1 is 1.27 bits per heavy atom. The number of nitrogens with one attached hydrogen (secondary N) is 1. The summed E-state index contributed by atoms with van der Waals surface area (Å²) < 4.78 is 0. The van der Waals surface area contributed by atoms with Crippen molar-refractivity contribution in [2.45, 2.75) is 45.7 Å². The van der Waals surface area contributed by atoms with Gasteiger partial charge in [0.05, 0.1) is 6.61 Å². The maximum Gasteiger partial charge on any atom is 0.318 e. The highest BCUT2D eigenvalue weighted by Crippen LogP contribution is 2.29. The first-order valence-corrected chi connectivity index (χ1v) is 8.32. The van der Waals surface area contributed by atoms with E-state index in [1.54, 1.807) is 4.90 Å². The minimum absolute atomic E-state index is 0.0170. The minimum atomic E-state index is -0.0659. The van der Waals surface area contributed by atoms with E-state index in [2.05, 4.69) is 19.2 Å². The van der Waals surface area contributed by atoms with Crippen LogP contribution in [0.1, 0.15) is 38.7 Å². The molecule has 0 saturated heterocycles. The summed E-state index contributed by atoms with van der Waals surface area (Å²) in [4.78, 5) is 14.3. The van der Waals surface area contributed by atoms with Crippen LogP contribution in [0, 0.1) is 11.8 Å². The van der Waals surface area contributed by atoms with Gasteiger partial charge < -0.3 is 15.3 Å². The second-order valence-corrected chi connectivity index (χ2v) is 6.45. The number of benzene rings is 1. The Morgan fingerprint density at radius 3 is 2.68 bits per heavy atom. The van der Waals surface area contributed by atoms with Crippen LogP contribution < -0.4 is 5.32 Å². The van der Waals surface area contributed by atoms with E-state index in [9.17, 15) is 9.90 Å². The largest absolute Gasteiger partial charge is 0.395 e. The molecule has 1 saturated carbocycles. The first-order chi connectivity index (χ1) is 10.6. The molecule has 122 valence electrons. The second-order valence-electron chi connectivity index (χ2n) is 6.45. The fraction of sp³-hybridized carbons (Fsp3) is 0.611. The van der Waals surface area contributed by atoms with Crippen LogP contribution in [0.3, 0.4) is 0 Å². The Kier molecular flexibility index (Phi) is 6.25. The summed E-state index contributed by atoms with van der Waals surface area (Å²) >= 11 is 0. The third-order valence-electron chi connectivity index (χ3n) is 4.89. The van der Waals surface area contributed by atoms with Gasteiger partial charge in [-0.3, -0.25) is 0 Å². The molecule has 1 aromatic carbocycles. The maximum atomic E-state index is 12.6. The molecule has 22 heavy (non-hydrogen) atoms. The molecule has 0 heterocycles. The maximum absolute atomic E-state index is 12.6. The molecule has 3 unspecified atom stereocenters. The van der Waals surface area contributed by atoms with Gasteiger partial charge in [0, 0.05) is 19.1 Å². The van der Waals surface area contributed by atoms with Crippen molar-refractivity contribution in [1.29, 1.82) is 0 Å². The quantitative estimate of drug-likeness (QED) is 0.878. The zero-order valence-corrected chi connectivity index (χ0v) is 13.7. The minimum Gasteiger partial charge on any atom is -0.395 e. The molecule has 0 spiro atoms. The van der Waals surface area contributed by atoms with Crippen LogP contribution in [-0.4, -0.2) is 35.2 Å². The highest BCUT2D eigenvalue weighted by molar-refractivity contribution is 5.74. The number of carbonyl (C=O) groups excluding carboxylic acids is 1. The number of aliphatic hydroxyl groups is 1. The Morgan fingerprint density at radius 2 is 2.00 bits per heavy atom. The number of nitrogens with zero attached hydrogens (tertiary/aromatic N) is 1. The Bertz CT molecular complexity index is 463. The molecule has 1 aliphatic rings. The van der Waals surface area contributed by atoms with Gasteiger partial charge in [-0.15, -0.1) is 0 Å². The third-order valence-corrected chi connectivity index (χ3v) is 4.89. The van der Waals surface area contributed by atoms with Gasteiger partial charge in [0.25, 0.3) is 0 Å². The van der Waals surface area contributed by atoms with Crippen LogP contribution in [0.4, 0.5) is 4.79 Å². The number of rotatable bonds is 5. The van der Waals surface area contributed by atoms with Crippen molar-refractivity contribution in [3.05, 3.63) is 35.9 Å². The molecular weight excluding hydrogens is 276 g/mol. The molecule has 4 heteroatoms. The van der Waals surface area contributed by atoms with Crippen LogP contribution in [-0.2, 0) is 6.54 Å². The van der Waals surface area contributed by atoms with E-state index >= 15 is 0 Å². The summed E-state index contributed by atoms with van der Waals surface area (Å²) in [5.41, 5.74) is 1.08. The molecule has 2 amide bonds. The third kappa shape index (κ3) is 4.47. The summed E-state index contributed by atoms with van der Waals surface area (Å²) in [5, 5.41) is 12.4. The van der Waals surface area contributed by atoms with Gasteiger partial charge in [-0.2, -0.15) is 0 Å². The van der Waals surface area contributed by atoms with E-state index in [-0.39, 0.29) is 18.7 Å². The predicted octanol–water partition coefficient (Wildman–Crippen LogP) is 3.02. The lowest BCUT2D eigenvalue weighted by atomic mass is 9.78. The number of aliphatic hydroxyl groups excluding tert-OH is 1. The SMILES string of the molecule is CC1CCCC(NC(=O)N(CCO)Cc2ccccc2)C1C. The van der Waals surface area contributed by atoms with E-state index in [4.69, 9.17) is 0 Å². The van der Waals surface area contributed by atoms with Gasteiger partial charge in [0.2, 0.25) is 0 Å². The van der Waals surface area contributed by atoms with Crippen molar-refractivity contribution in [2.24, 2.45) is 11.8 Å². The number of amides is 2. The fourth-order valence-electron chi connectivity index (χ4n) is 3.21. The summed E-state index contributed by atoms with van der Waals surface area (Å²) in [6.07, 6.45) is 3.47. The molecule has 0 radical (unpaired) electrons. The molecule has 3 atom stereocenters. The van der Waals surface area contributed by atoms with E-state index in [0.717, 1.165) is 12.0 Å². The lowest BCUT2D eigenvalue weighted by Crippen LogP contribution is -2.49. The summed E-state index contributed by atoms with van der Waals surface area (Å²) in [6, 6.07) is 10.1. The van der Waals surface area contributed by atoms with Crippen molar-refractivity contribution < 1.29 is 9.90 Å². The van der Waals surface area contributed by atoms with Gasteiger partial charge in [-0.25, -0.2) is 4.79 Å². The second kappa shape index (κ2) is 8.18. The van der Waals surface area contributed by atoms with Crippen molar-refractivity contribution >= 4 is 6.03 Å². The van der Waals surface area contributed by atoms with E-state index < -0.39 is 0 Å². The van der Waals surface area contributed by atoms with Crippen LogP contribution in [0.15, 0.2) is 30.3 Å². The zero-order valence-electron chi connectivity index (χ0n) is 13.7. The van der Waals surface area contributed by atoms with Gasteiger partial charge >= 0.3 is 6.03 Å². The molecule has 1 fully saturated rings. The predicted molar refractivity (Wildman–Crippen MR) is 88.4 cm³/mol. The fourth-order valence-corrected chi connectivity index (χ4v) is 3.21. The standard InChI is InChI=1S/C18H28N2O2/c1-14-7-6-10-17(15(14)2)19-18(22)20(11-12-21)13-16-8-4-3-5-9-16/h3-5,8-9,14-15,17,21H,6-7,10-13H2,1-2H3,(H,19,22). The molecular formula is C18H28N2O2. The van der Waals surface area contributed by atoms with Gasteiger partial charge in [-0.1, -0.05) is 57.0 Å². The molecule has 2 rings (SSSR count). The monoisotopic (exact) mass is 304 g/mol. The zero-order chi connectivity index (χ0) is 15.9. The first-order valence-electron chi connectivity index (χ1n) is 8.32. The summed E-state index contributed by atoms with van der Waals surface area (Å²) in [5.74, 6) is 1.16. The van der Waals surface area contributed by atoms with Crippen molar-refractivity contribution in [3.8, 4) is 0 Å². The molecule has 0 bridgehead atoms. The smallest absolute Gasteiger partial charge is 0.318 e. The number of urea groups is 1. The molecule has 4 nitrogen and oxygen atoms in total. The van der Waals surface area contributed by atoms with Crippen LogP contribution in [0.2, 0.25) is 0 Å². The highest BCUT2D eigenvalue weighted by atomic mass is 16.3. The summed E-state index contributed by atoms with van der Waals surface area (Å²) in [6.45, 7) is 5.36. The Labute approximate surface area is 133 Å². The average molecular weight is 304 g/mol. The molecule has 2 N–H and O–H groups in total. The summed E-state index contributed by atoms with van der Waals surface area (Å²) in [7, 11) is 0. The average Bonchev–Trinajstić information content (AvgIpc) is 2.52. The first kappa shape index (κ1) is 16.8. The lowest BCUT2D eigenvalue weighted by molar-refractivity contribution is 0.153. The molecule has 1 aromatic rings. The highest BCUT2D eigenvalue weighted by Gasteiger charge is 2.29. The van der Waals surface area contributed by atoms with E-state index in [1.165, 1.54) is 12.8 Å².